The lowest BCUT2D eigenvalue weighted by Crippen LogP contribution is -2.52. The molecular formula is C14H26N4O2. The van der Waals surface area contributed by atoms with Gasteiger partial charge in [0.1, 0.15) is 5.82 Å². The molecule has 1 aromatic rings. The summed E-state index contributed by atoms with van der Waals surface area (Å²) >= 11 is 0. The van der Waals surface area contributed by atoms with E-state index in [0.717, 1.165) is 6.54 Å². The van der Waals surface area contributed by atoms with Crippen LogP contribution in [0.25, 0.3) is 0 Å². The molecule has 2 amide bonds. The van der Waals surface area contributed by atoms with E-state index in [-0.39, 0.29) is 12.6 Å². The zero-order valence-electron chi connectivity index (χ0n) is 12.8. The molecule has 0 atom stereocenters. The van der Waals surface area contributed by atoms with Gasteiger partial charge in [-0.25, -0.2) is 9.48 Å². The van der Waals surface area contributed by atoms with E-state index in [2.05, 4.69) is 29.6 Å². The van der Waals surface area contributed by atoms with Gasteiger partial charge in [0, 0.05) is 12.6 Å². The van der Waals surface area contributed by atoms with Gasteiger partial charge in [-0.3, -0.25) is 5.32 Å². The number of rotatable bonds is 7. The number of hydrogen-bond donors (Lipinski definition) is 3. The van der Waals surface area contributed by atoms with Gasteiger partial charge < -0.3 is 10.4 Å². The van der Waals surface area contributed by atoms with Crippen molar-refractivity contribution in [2.45, 2.75) is 52.6 Å². The summed E-state index contributed by atoms with van der Waals surface area (Å²) in [6.45, 7) is 8.76. The minimum Gasteiger partial charge on any atom is -0.394 e. The van der Waals surface area contributed by atoms with Crippen LogP contribution in [-0.2, 0) is 6.54 Å². The molecule has 0 fully saturated rings. The van der Waals surface area contributed by atoms with Gasteiger partial charge >= 0.3 is 6.03 Å². The topological polar surface area (TPSA) is 79.2 Å². The highest BCUT2D eigenvalue weighted by Gasteiger charge is 2.27. The minimum absolute atomic E-state index is 0.0708. The predicted octanol–water partition coefficient (Wildman–Crippen LogP) is 2.21. The molecular weight excluding hydrogens is 256 g/mol. The first-order valence-electron chi connectivity index (χ1n) is 7.18. The molecule has 6 nitrogen and oxygen atoms in total. The predicted molar refractivity (Wildman–Crippen MR) is 79.6 cm³/mol. The number of urea groups is 1. The monoisotopic (exact) mass is 282 g/mol. The normalized spacial score (nSPS) is 11.7. The molecule has 0 saturated heterocycles. The molecule has 1 rings (SSSR count). The molecule has 0 unspecified atom stereocenters. The molecule has 0 aliphatic heterocycles. The summed E-state index contributed by atoms with van der Waals surface area (Å²) < 4.78 is 1.77. The van der Waals surface area contributed by atoms with E-state index in [9.17, 15) is 9.90 Å². The molecule has 0 aliphatic rings. The molecule has 0 aromatic carbocycles. The Balaban J connectivity index is 2.69. The number of aliphatic hydroxyl groups is 1. The van der Waals surface area contributed by atoms with Crippen LogP contribution in [-0.4, -0.2) is 33.1 Å². The fourth-order valence-electron chi connectivity index (χ4n) is 2.01. The first kappa shape index (κ1) is 16.5. The average molecular weight is 282 g/mol. The number of carbonyl (C=O) groups excluding carboxylic acids is 1. The molecule has 114 valence electrons. The molecule has 0 bridgehead atoms. The lowest BCUT2D eigenvalue weighted by atomic mass is 9.94. The summed E-state index contributed by atoms with van der Waals surface area (Å²) in [5.74, 6) is 1.11. The van der Waals surface area contributed by atoms with Crippen LogP contribution in [0.2, 0.25) is 0 Å². The molecule has 1 heterocycles. The quantitative estimate of drug-likeness (QED) is 0.717. The molecule has 6 heteroatoms. The van der Waals surface area contributed by atoms with Crippen molar-refractivity contribution in [3.63, 3.8) is 0 Å². The summed E-state index contributed by atoms with van der Waals surface area (Å²) in [5, 5.41) is 19.3. The highest BCUT2D eigenvalue weighted by molar-refractivity contribution is 5.88. The third-order valence-electron chi connectivity index (χ3n) is 3.53. The van der Waals surface area contributed by atoms with Crippen LogP contribution in [0.4, 0.5) is 10.6 Å². The van der Waals surface area contributed by atoms with E-state index in [4.69, 9.17) is 0 Å². The summed E-state index contributed by atoms with van der Waals surface area (Å²) in [5.41, 5.74) is -0.563. The molecule has 0 saturated carbocycles. The van der Waals surface area contributed by atoms with Crippen LogP contribution in [0.1, 0.15) is 40.5 Å². The number of anilines is 1. The number of hydrogen-bond acceptors (Lipinski definition) is 3. The number of nitrogens with zero attached hydrogens (tertiary/aromatic N) is 2. The fourth-order valence-corrected chi connectivity index (χ4v) is 2.01. The van der Waals surface area contributed by atoms with Crippen molar-refractivity contribution in [1.82, 2.24) is 15.1 Å². The van der Waals surface area contributed by atoms with E-state index in [1.54, 1.807) is 16.9 Å². The number of carbonyl (C=O) groups is 1. The van der Waals surface area contributed by atoms with E-state index < -0.39 is 5.54 Å². The molecule has 1 aromatic heterocycles. The Morgan fingerprint density at radius 1 is 1.45 bits per heavy atom. The highest BCUT2D eigenvalue weighted by Crippen LogP contribution is 2.15. The van der Waals surface area contributed by atoms with Gasteiger partial charge in [0.2, 0.25) is 0 Å². The maximum Gasteiger partial charge on any atom is 0.320 e. The Morgan fingerprint density at radius 2 is 2.10 bits per heavy atom. The third-order valence-corrected chi connectivity index (χ3v) is 3.53. The lowest BCUT2D eigenvalue weighted by Gasteiger charge is -2.30. The van der Waals surface area contributed by atoms with Crippen molar-refractivity contribution in [2.75, 3.05) is 11.9 Å². The van der Waals surface area contributed by atoms with Crippen molar-refractivity contribution in [1.29, 1.82) is 0 Å². The molecule has 0 radical (unpaired) electrons. The molecule has 20 heavy (non-hydrogen) atoms. The maximum absolute atomic E-state index is 12.1. The van der Waals surface area contributed by atoms with E-state index in [0.29, 0.717) is 24.6 Å². The Hall–Kier alpha value is -1.56. The van der Waals surface area contributed by atoms with E-state index in [1.165, 1.54) is 0 Å². The van der Waals surface area contributed by atoms with Crippen LogP contribution in [0.5, 0.6) is 0 Å². The SMILES string of the molecule is CCC(CC)(CO)NC(=O)Nc1ccnn1CC(C)C. The van der Waals surface area contributed by atoms with Crippen molar-refractivity contribution >= 4 is 11.8 Å². The van der Waals surface area contributed by atoms with Crippen LogP contribution in [0, 0.1) is 5.92 Å². The van der Waals surface area contributed by atoms with Crippen LogP contribution in [0.15, 0.2) is 12.3 Å². The number of nitrogens with one attached hydrogen (secondary N) is 2. The number of aliphatic hydroxyl groups excluding tert-OH is 1. The first-order valence-corrected chi connectivity index (χ1v) is 7.18. The van der Waals surface area contributed by atoms with Crippen LogP contribution in [0.3, 0.4) is 0 Å². The van der Waals surface area contributed by atoms with Crippen molar-refractivity contribution in [3.8, 4) is 0 Å². The van der Waals surface area contributed by atoms with Crippen LogP contribution >= 0.6 is 0 Å². The lowest BCUT2D eigenvalue weighted by molar-refractivity contribution is 0.155. The zero-order valence-corrected chi connectivity index (χ0v) is 12.8. The van der Waals surface area contributed by atoms with Gasteiger partial charge in [0.05, 0.1) is 18.3 Å². The maximum atomic E-state index is 12.1. The Labute approximate surface area is 120 Å². The standard InChI is InChI=1S/C14H26N4O2/c1-5-14(6-2,10-19)17-13(20)16-12-7-8-15-18(12)9-11(3)4/h7-8,11,19H,5-6,9-10H2,1-4H3,(H2,16,17,20). The van der Waals surface area contributed by atoms with Gasteiger partial charge in [-0.1, -0.05) is 27.7 Å². The Bertz CT molecular complexity index is 416. The summed E-state index contributed by atoms with van der Waals surface area (Å²) in [6.07, 6.45) is 3.02. The second-order valence-electron chi connectivity index (χ2n) is 5.52. The average Bonchev–Trinajstić information content (AvgIpc) is 2.82. The minimum atomic E-state index is -0.563. The second-order valence-corrected chi connectivity index (χ2v) is 5.52. The van der Waals surface area contributed by atoms with Gasteiger partial charge in [-0.15, -0.1) is 0 Å². The smallest absolute Gasteiger partial charge is 0.320 e. The summed E-state index contributed by atoms with van der Waals surface area (Å²) in [6, 6.07) is 1.45. The Morgan fingerprint density at radius 3 is 2.60 bits per heavy atom. The molecule has 3 N–H and O–H groups in total. The largest absolute Gasteiger partial charge is 0.394 e. The number of aromatic nitrogens is 2. The van der Waals surface area contributed by atoms with Gasteiger partial charge in [0.15, 0.2) is 0 Å². The summed E-state index contributed by atoms with van der Waals surface area (Å²) in [4.78, 5) is 12.1. The Kier molecular flexibility index (Phi) is 6.01. The zero-order chi connectivity index (χ0) is 15.2. The third kappa shape index (κ3) is 4.23. The van der Waals surface area contributed by atoms with Crippen molar-refractivity contribution in [3.05, 3.63) is 12.3 Å². The first-order chi connectivity index (χ1) is 9.46. The molecule has 0 aliphatic carbocycles. The summed E-state index contributed by atoms with van der Waals surface area (Å²) in [7, 11) is 0. The number of amides is 2. The second kappa shape index (κ2) is 7.28. The van der Waals surface area contributed by atoms with Gasteiger partial charge in [-0.2, -0.15) is 5.10 Å². The van der Waals surface area contributed by atoms with Gasteiger partial charge in [0.25, 0.3) is 0 Å². The fraction of sp³-hybridized carbons (Fsp3) is 0.714. The van der Waals surface area contributed by atoms with Crippen LogP contribution < -0.4 is 10.6 Å². The van der Waals surface area contributed by atoms with Gasteiger partial charge in [-0.05, 0) is 18.8 Å². The van der Waals surface area contributed by atoms with Crippen molar-refractivity contribution in [2.24, 2.45) is 5.92 Å². The van der Waals surface area contributed by atoms with Crippen molar-refractivity contribution < 1.29 is 9.90 Å². The molecule has 0 spiro atoms. The van der Waals surface area contributed by atoms with E-state index >= 15 is 0 Å². The van der Waals surface area contributed by atoms with E-state index in [1.807, 2.05) is 13.8 Å². The highest BCUT2D eigenvalue weighted by atomic mass is 16.3.